The molecule has 5 heteroatoms. The van der Waals surface area contributed by atoms with Crippen LogP contribution in [-0.2, 0) is 0 Å². The molecule has 25 heavy (non-hydrogen) atoms. The van der Waals surface area contributed by atoms with Crippen molar-refractivity contribution in [1.29, 1.82) is 0 Å². The molecule has 0 amide bonds. The number of rotatable bonds is 4. The minimum atomic E-state index is -0.365. The fraction of sp³-hybridized carbons (Fsp3) is 0.600. The van der Waals surface area contributed by atoms with Gasteiger partial charge < -0.3 is 14.8 Å². The SMILES string of the molecule is O[C@@H](C[C@@H]1c2ncccc2-c2cncn21)[C@H]1CC[C@H](C2(O)CC2)CC1. The Labute approximate surface area is 147 Å². The van der Waals surface area contributed by atoms with E-state index in [4.69, 9.17) is 0 Å². The smallest absolute Gasteiger partial charge is 0.0957 e. The Balaban J connectivity index is 1.29. The van der Waals surface area contributed by atoms with Gasteiger partial charge in [-0.3, -0.25) is 4.98 Å². The first-order valence-corrected chi connectivity index (χ1v) is 9.53. The average molecular weight is 339 g/mol. The number of pyridine rings is 1. The molecule has 3 heterocycles. The highest BCUT2D eigenvalue weighted by Gasteiger charge is 2.48. The van der Waals surface area contributed by atoms with E-state index in [1.165, 1.54) is 0 Å². The van der Waals surface area contributed by atoms with Crippen LogP contribution in [0.5, 0.6) is 0 Å². The highest BCUT2D eigenvalue weighted by molar-refractivity contribution is 5.66. The van der Waals surface area contributed by atoms with Gasteiger partial charge >= 0.3 is 0 Å². The lowest BCUT2D eigenvalue weighted by atomic mass is 9.75. The number of aromatic nitrogens is 3. The van der Waals surface area contributed by atoms with Crippen molar-refractivity contribution >= 4 is 0 Å². The van der Waals surface area contributed by atoms with Crippen LogP contribution in [0.1, 0.15) is 56.7 Å². The van der Waals surface area contributed by atoms with E-state index in [0.717, 1.165) is 55.5 Å². The van der Waals surface area contributed by atoms with Gasteiger partial charge in [-0.1, -0.05) is 0 Å². The maximum atomic E-state index is 10.9. The summed E-state index contributed by atoms with van der Waals surface area (Å²) in [5.41, 5.74) is 2.92. The summed E-state index contributed by atoms with van der Waals surface area (Å²) in [6.07, 6.45) is 12.0. The Morgan fingerprint density at radius 1 is 1.24 bits per heavy atom. The van der Waals surface area contributed by atoms with Crippen LogP contribution in [0.2, 0.25) is 0 Å². The van der Waals surface area contributed by atoms with Crippen molar-refractivity contribution in [2.75, 3.05) is 0 Å². The van der Waals surface area contributed by atoms with Crippen molar-refractivity contribution in [3.63, 3.8) is 0 Å². The topological polar surface area (TPSA) is 71.2 Å². The van der Waals surface area contributed by atoms with Gasteiger partial charge in [-0.05, 0) is 62.5 Å². The molecule has 132 valence electrons. The van der Waals surface area contributed by atoms with E-state index < -0.39 is 0 Å². The van der Waals surface area contributed by atoms with Crippen LogP contribution < -0.4 is 0 Å². The van der Waals surface area contributed by atoms with Gasteiger partial charge in [-0.2, -0.15) is 0 Å². The first kappa shape index (κ1) is 15.5. The Hall–Kier alpha value is -1.72. The molecule has 1 aliphatic heterocycles. The number of fused-ring (bicyclic) bond motifs is 3. The van der Waals surface area contributed by atoms with Crippen LogP contribution in [0.25, 0.3) is 11.3 Å². The summed E-state index contributed by atoms with van der Waals surface area (Å²) in [6.45, 7) is 0. The molecular formula is C20H25N3O2. The Morgan fingerprint density at radius 2 is 2.04 bits per heavy atom. The first-order chi connectivity index (χ1) is 12.2. The fourth-order valence-corrected chi connectivity index (χ4v) is 5.02. The molecule has 3 aliphatic rings. The molecule has 2 fully saturated rings. The molecule has 0 saturated heterocycles. The maximum Gasteiger partial charge on any atom is 0.0957 e. The molecule has 0 bridgehead atoms. The third kappa shape index (κ3) is 2.52. The number of aliphatic hydroxyl groups excluding tert-OH is 1. The summed E-state index contributed by atoms with van der Waals surface area (Å²) in [6, 6.07) is 4.12. The van der Waals surface area contributed by atoms with E-state index in [-0.39, 0.29) is 17.7 Å². The summed E-state index contributed by atoms with van der Waals surface area (Å²) in [4.78, 5) is 8.87. The highest BCUT2D eigenvalue weighted by atomic mass is 16.3. The summed E-state index contributed by atoms with van der Waals surface area (Å²) >= 11 is 0. The average Bonchev–Trinajstić information content (AvgIpc) is 3.11. The molecule has 0 aromatic carbocycles. The molecule has 5 nitrogen and oxygen atoms in total. The largest absolute Gasteiger partial charge is 0.393 e. The Morgan fingerprint density at radius 3 is 2.80 bits per heavy atom. The van der Waals surface area contributed by atoms with Crippen molar-refractivity contribution in [1.82, 2.24) is 14.5 Å². The molecule has 2 aliphatic carbocycles. The van der Waals surface area contributed by atoms with Crippen LogP contribution in [0.3, 0.4) is 0 Å². The first-order valence-electron chi connectivity index (χ1n) is 9.53. The van der Waals surface area contributed by atoms with Gasteiger partial charge in [0.1, 0.15) is 0 Å². The van der Waals surface area contributed by atoms with Gasteiger partial charge in [0.2, 0.25) is 0 Å². The molecule has 0 radical (unpaired) electrons. The summed E-state index contributed by atoms with van der Waals surface area (Å²) in [7, 11) is 0. The number of imidazole rings is 1. The van der Waals surface area contributed by atoms with Crippen molar-refractivity contribution in [2.24, 2.45) is 11.8 Å². The lowest BCUT2D eigenvalue weighted by Crippen LogP contribution is -2.32. The van der Waals surface area contributed by atoms with E-state index in [2.05, 4.69) is 20.6 Å². The van der Waals surface area contributed by atoms with Crippen LogP contribution in [0.15, 0.2) is 30.9 Å². The van der Waals surface area contributed by atoms with Crippen molar-refractivity contribution in [3.8, 4) is 11.3 Å². The van der Waals surface area contributed by atoms with Crippen LogP contribution in [0.4, 0.5) is 0 Å². The number of nitrogens with zero attached hydrogens (tertiary/aromatic N) is 3. The zero-order valence-corrected chi connectivity index (χ0v) is 14.4. The van der Waals surface area contributed by atoms with Crippen LogP contribution in [0, 0.1) is 11.8 Å². The normalized spacial score (nSPS) is 30.6. The standard InChI is InChI=1S/C20H25N3O2/c24-18(13-3-5-14(6-4-13)20(25)7-8-20)10-16-19-15(2-1-9-22-19)17-11-21-12-23(16)17/h1-2,9,11-14,16,18,24-25H,3-8,10H2/t13-,14-,16-,18+/m1/s1. The number of hydrogen-bond donors (Lipinski definition) is 2. The second-order valence-electron chi connectivity index (χ2n) is 8.16. The van der Waals surface area contributed by atoms with Crippen LogP contribution >= 0.6 is 0 Å². The van der Waals surface area contributed by atoms with E-state index in [1.807, 2.05) is 24.8 Å². The molecule has 2 saturated carbocycles. The van der Waals surface area contributed by atoms with Crippen molar-refractivity contribution < 1.29 is 10.2 Å². The predicted molar refractivity (Wildman–Crippen MR) is 93.9 cm³/mol. The van der Waals surface area contributed by atoms with Gasteiger partial charge in [-0.15, -0.1) is 0 Å². The van der Waals surface area contributed by atoms with E-state index in [0.29, 0.717) is 18.3 Å². The number of aliphatic hydroxyl groups is 2. The predicted octanol–water partition coefficient (Wildman–Crippen LogP) is 2.93. The molecule has 2 aromatic rings. The zero-order chi connectivity index (χ0) is 17.0. The molecule has 2 N–H and O–H groups in total. The Bertz CT molecular complexity index is 775. The molecule has 0 spiro atoms. The number of hydrogen-bond acceptors (Lipinski definition) is 4. The second kappa shape index (κ2) is 5.64. The Kier molecular flexibility index (Phi) is 3.51. The van der Waals surface area contributed by atoms with Gasteiger partial charge in [0, 0.05) is 18.2 Å². The van der Waals surface area contributed by atoms with Crippen molar-refractivity contribution in [3.05, 3.63) is 36.5 Å². The van der Waals surface area contributed by atoms with Gasteiger partial charge in [0.05, 0.1) is 41.7 Å². The maximum absolute atomic E-state index is 10.9. The third-order valence-corrected chi connectivity index (χ3v) is 6.73. The summed E-state index contributed by atoms with van der Waals surface area (Å²) in [5.74, 6) is 0.781. The second-order valence-corrected chi connectivity index (χ2v) is 8.16. The molecule has 2 atom stereocenters. The van der Waals surface area contributed by atoms with E-state index >= 15 is 0 Å². The van der Waals surface area contributed by atoms with E-state index in [9.17, 15) is 10.2 Å². The van der Waals surface area contributed by atoms with Crippen LogP contribution in [-0.4, -0.2) is 36.5 Å². The molecule has 2 aromatic heterocycles. The highest BCUT2D eigenvalue weighted by Crippen LogP contribution is 2.50. The quantitative estimate of drug-likeness (QED) is 0.898. The zero-order valence-electron chi connectivity index (χ0n) is 14.4. The molecular weight excluding hydrogens is 314 g/mol. The molecule has 5 rings (SSSR count). The minimum Gasteiger partial charge on any atom is -0.393 e. The summed E-state index contributed by atoms with van der Waals surface area (Å²) < 4.78 is 2.15. The molecule has 0 unspecified atom stereocenters. The van der Waals surface area contributed by atoms with Crippen molar-refractivity contribution in [2.45, 2.75) is 62.7 Å². The lowest BCUT2D eigenvalue weighted by molar-refractivity contribution is 0.0152. The lowest BCUT2D eigenvalue weighted by Gasteiger charge is -2.34. The van der Waals surface area contributed by atoms with Gasteiger partial charge in [0.25, 0.3) is 0 Å². The monoisotopic (exact) mass is 339 g/mol. The minimum absolute atomic E-state index is 0.0778. The van der Waals surface area contributed by atoms with Gasteiger partial charge in [0.15, 0.2) is 0 Å². The summed E-state index contributed by atoms with van der Waals surface area (Å²) in [5, 5.41) is 21.2. The third-order valence-electron chi connectivity index (χ3n) is 6.73. The fourth-order valence-electron chi connectivity index (χ4n) is 5.02. The van der Waals surface area contributed by atoms with E-state index in [1.54, 1.807) is 0 Å². The van der Waals surface area contributed by atoms with Gasteiger partial charge in [-0.25, -0.2) is 4.98 Å².